The number of azide groups is 1. The van der Waals surface area contributed by atoms with E-state index in [-0.39, 0.29) is 0 Å². The van der Waals surface area contributed by atoms with Gasteiger partial charge < -0.3 is 0 Å². The molecule has 0 aliphatic heterocycles. The molecule has 2 aliphatic rings. The van der Waals surface area contributed by atoms with Crippen molar-refractivity contribution in [3.63, 3.8) is 0 Å². The third-order valence-electron chi connectivity index (χ3n) is 4.34. The first-order valence-corrected chi connectivity index (χ1v) is 7.39. The molecule has 0 aromatic heterocycles. The van der Waals surface area contributed by atoms with Gasteiger partial charge in [0.25, 0.3) is 0 Å². The van der Waals surface area contributed by atoms with Gasteiger partial charge in [0.05, 0.1) is 0 Å². The average molecular weight is 271 g/mol. The topological polar surface area (TPSA) is 65.8 Å². The summed E-state index contributed by atoms with van der Waals surface area (Å²) in [5, 5.41) is 3.17. The van der Waals surface area contributed by atoms with Crippen LogP contribution in [-0.4, -0.2) is 5.91 Å². The predicted molar refractivity (Wildman–Crippen MR) is 79.8 cm³/mol. The molecule has 0 heterocycles. The van der Waals surface area contributed by atoms with Gasteiger partial charge in [-0.15, -0.1) is 0 Å². The van der Waals surface area contributed by atoms with Crippen molar-refractivity contribution in [1.29, 1.82) is 0 Å². The first kappa shape index (κ1) is 14.6. The van der Waals surface area contributed by atoms with E-state index in [4.69, 9.17) is 5.53 Å². The van der Waals surface area contributed by atoms with Crippen LogP contribution in [0.5, 0.6) is 0 Å². The molecule has 1 amide bonds. The van der Waals surface area contributed by atoms with Crippen LogP contribution < -0.4 is 0 Å². The second kappa shape index (κ2) is 7.11. The highest BCUT2D eigenvalue weighted by Gasteiger charge is 2.22. The highest BCUT2D eigenvalue weighted by atomic mass is 16.1. The number of carbonyl (C=O) groups is 1. The first-order chi connectivity index (χ1) is 9.72. The van der Waals surface area contributed by atoms with Crippen LogP contribution in [0, 0.1) is 11.8 Å². The van der Waals surface area contributed by atoms with Gasteiger partial charge in [-0.2, -0.15) is 0 Å². The van der Waals surface area contributed by atoms with Crippen molar-refractivity contribution in [3.8, 4) is 0 Å². The summed E-state index contributed by atoms with van der Waals surface area (Å²) in [6, 6.07) is 0. The Morgan fingerprint density at radius 2 is 2.15 bits per heavy atom. The summed E-state index contributed by atoms with van der Waals surface area (Å²) < 4.78 is 0. The third-order valence-corrected chi connectivity index (χ3v) is 4.34. The summed E-state index contributed by atoms with van der Waals surface area (Å²) in [5.74, 6) is 0.822. The summed E-state index contributed by atoms with van der Waals surface area (Å²) in [7, 11) is 0. The van der Waals surface area contributed by atoms with Crippen LogP contribution in [0.2, 0.25) is 0 Å². The molecule has 2 unspecified atom stereocenters. The van der Waals surface area contributed by atoms with Gasteiger partial charge in [0.2, 0.25) is 5.91 Å². The molecule has 0 aromatic carbocycles. The molecular weight excluding hydrogens is 250 g/mol. The smallest absolute Gasteiger partial charge is 0.245 e. The Labute approximate surface area is 119 Å². The molecule has 1 fully saturated rings. The lowest BCUT2D eigenvalue weighted by atomic mass is 9.83. The monoisotopic (exact) mass is 271 g/mol. The fourth-order valence-corrected chi connectivity index (χ4v) is 3.17. The highest BCUT2D eigenvalue weighted by Crippen LogP contribution is 2.35. The summed E-state index contributed by atoms with van der Waals surface area (Å²) in [6.07, 6.45) is 14.9. The lowest BCUT2D eigenvalue weighted by Gasteiger charge is -2.22. The van der Waals surface area contributed by atoms with Crippen molar-refractivity contribution in [2.75, 3.05) is 0 Å². The Hall–Kier alpha value is -1.80. The first-order valence-electron chi connectivity index (χ1n) is 7.39. The number of amides is 1. The Morgan fingerprint density at radius 3 is 2.95 bits per heavy atom. The molecule has 0 N–H and O–H groups in total. The molecule has 2 rings (SSSR count). The molecule has 0 radical (unpaired) electrons. The minimum absolute atomic E-state index is 0.469. The zero-order valence-corrected chi connectivity index (χ0v) is 12.0. The van der Waals surface area contributed by atoms with E-state index in [0.29, 0.717) is 23.8 Å². The second-order valence-electron chi connectivity index (χ2n) is 5.68. The zero-order valence-electron chi connectivity index (χ0n) is 12.0. The van der Waals surface area contributed by atoms with Gasteiger partial charge in [0.1, 0.15) is 0 Å². The van der Waals surface area contributed by atoms with Crippen molar-refractivity contribution in [3.05, 3.63) is 45.9 Å². The molecular formula is C16H21N3O. The number of rotatable bonds is 2. The Kier molecular flexibility index (Phi) is 5.19. The molecule has 0 spiro atoms. The summed E-state index contributed by atoms with van der Waals surface area (Å²) >= 11 is 0. The van der Waals surface area contributed by atoms with E-state index in [2.05, 4.69) is 29.1 Å². The van der Waals surface area contributed by atoms with Crippen molar-refractivity contribution in [2.45, 2.75) is 45.4 Å². The molecule has 2 aliphatic carbocycles. The average Bonchev–Trinajstić information content (AvgIpc) is 2.79. The van der Waals surface area contributed by atoms with Gasteiger partial charge in [-0.3, -0.25) is 4.79 Å². The van der Waals surface area contributed by atoms with E-state index in [9.17, 15) is 4.79 Å². The van der Waals surface area contributed by atoms with Gasteiger partial charge in [0.15, 0.2) is 0 Å². The molecule has 4 heteroatoms. The Bertz CT molecular complexity index is 510. The fraction of sp³-hybridized carbons (Fsp3) is 0.562. The number of allylic oxidation sites excluding steroid dienone is 5. The molecule has 0 saturated heterocycles. The number of hydrogen-bond acceptors (Lipinski definition) is 1. The molecule has 0 bridgehead atoms. The Balaban J connectivity index is 2.12. The Morgan fingerprint density at radius 1 is 1.35 bits per heavy atom. The molecule has 4 nitrogen and oxygen atoms in total. The maximum atomic E-state index is 11.6. The van der Waals surface area contributed by atoms with E-state index in [1.807, 2.05) is 6.08 Å². The maximum Gasteiger partial charge on any atom is 0.245 e. The van der Waals surface area contributed by atoms with E-state index in [1.54, 1.807) is 6.08 Å². The minimum atomic E-state index is -0.469. The van der Waals surface area contributed by atoms with Crippen molar-refractivity contribution in [1.82, 2.24) is 0 Å². The van der Waals surface area contributed by atoms with Crippen molar-refractivity contribution >= 4 is 5.91 Å². The summed E-state index contributed by atoms with van der Waals surface area (Å²) in [6.45, 7) is 2.33. The predicted octanol–water partition coefficient (Wildman–Crippen LogP) is 4.85. The highest BCUT2D eigenvalue weighted by molar-refractivity contribution is 5.94. The standard InChI is InChI=1S/C16H21N3O/c1-12-6-3-2-4-9-15(12)13-7-5-8-14(11-10-13)16(20)18-19-17/h5,7-8,10,12,15H,2-4,6,9,11H2,1H3. The molecule has 20 heavy (non-hydrogen) atoms. The summed E-state index contributed by atoms with van der Waals surface area (Å²) in [5.41, 5.74) is 10.2. The van der Waals surface area contributed by atoms with E-state index in [1.165, 1.54) is 37.7 Å². The minimum Gasteiger partial charge on any atom is -0.287 e. The third kappa shape index (κ3) is 3.61. The van der Waals surface area contributed by atoms with Gasteiger partial charge in [0, 0.05) is 10.5 Å². The van der Waals surface area contributed by atoms with Gasteiger partial charge in [-0.25, -0.2) is 0 Å². The van der Waals surface area contributed by atoms with Crippen LogP contribution >= 0.6 is 0 Å². The molecule has 0 aromatic rings. The van der Waals surface area contributed by atoms with Gasteiger partial charge in [-0.1, -0.05) is 56.9 Å². The van der Waals surface area contributed by atoms with E-state index in [0.717, 1.165) is 0 Å². The SMILES string of the molecule is CC1CCCCCC1C1=CCC(C(=O)N=[N+]=[N-])=CC=C1. The van der Waals surface area contributed by atoms with Crippen LogP contribution in [0.3, 0.4) is 0 Å². The van der Waals surface area contributed by atoms with Crippen LogP contribution in [0.25, 0.3) is 10.4 Å². The second-order valence-corrected chi connectivity index (χ2v) is 5.68. The lowest BCUT2D eigenvalue weighted by molar-refractivity contribution is -0.114. The largest absolute Gasteiger partial charge is 0.287 e. The van der Waals surface area contributed by atoms with Crippen molar-refractivity contribution in [2.24, 2.45) is 17.0 Å². The van der Waals surface area contributed by atoms with Crippen molar-refractivity contribution < 1.29 is 4.79 Å². The quantitative estimate of drug-likeness (QED) is 0.306. The number of nitrogens with zero attached hydrogens (tertiary/aromatic N) is 3. The molecule has 2 atom stereocenters. The van der Waals surface area contributed by atoms with Crippen LogP contribution in [0.4, 0.5) is 0 Å². The normalized spacial score (nSPS) is 26.6. The zero-order chi connectivity index (χ0) is 14.4. The van der Waals surface area contributed by atoms with Crippen LogP contribution in [0.1, 0.15) is 45.4 Å². The number of hydrogen-bond donors (Lipinski definition) is 0. The van der Waals surface area contributed by atoms with Crippen LogP contribution in [0.15, 0.2) is 40.6 Å². The van der Waals surface area contributed by atoms with E-state index >= 15 is 0 Å². The lowest BCUT2D eigenvalue weighted by Crippen LogP contribution is -2.12. The van der Waals surface area contributed by atoms with Gasteiger partial charge >= 0.3 is 0 Å². The van der Waals surface area contributed by atoms with Gasteiger partial charge in [-0.05, 0) is 40.9 Å². The van der Waals surface area contributed by atoms with E-state index < -0.39 is 5.91 Å². The molecule has 1 saturated carbocycles. The summed E-state index contributed by atoms with van der Waals surface area (Å²) in [4.78, 5) is 14.2. The van der Waals surface area contributed by atoms with Crippen LogP contribution in [-0.2, 0) is 4.79 Å². The fourth-order valence-electron chi connectivity index (χ4n) is 3.17. The molecule has 106 valence electrons. The number of carbonyl (C=O) groups excluding carboxylic acids is 1. The maximum absolute atomic E-state index is 11.6.